The third-order valence-corrected chi connectivity index (χ3v) is 4.06. The minimum atomic E-state index is -0.237. The van der Waals surface area contributed by atoms with E-state index in [2.05, 4.69) is 29.4 Å². The highest BCUT2D eigenvalue weighted by atomic mass is 35.5. The van der Waals surface area contributed by atoms with Crippen LogP contribution in [0.1, 0.15) is 28.6 Å². The summed E-state index contributed by atoms with van der Waals surface area (Å²) in [6.07, 6.45) is 3.66. The minimum absolute atomic E-state index is 0. The molecule has 1 aromatic heterocycles. The molecule has 0 bridgehead atoms. The summed E-state index contributed by atoms with van der Waals surface area (Å²) in [5.74, 6) is 0.628. The molecule has 126 valence electrons. The van der Waals surface area contributed by atoms with Crippen LogP contribution in [-0.4, -0.2) is 9.55 Å². The highest BCUT2D eigenvalue weighted by molar-refractivity contribution is 5.85. The molecule has 0 aliphatic carbocycles. The first-order chi connectivity index (χ1) is 11.1. The van der Waals surface area contributed by atoms with Gasteiger partial charge in [0, 0.05) is 26.0 Å². The largest absolute Gasteiger partial charge is 0.336 e. The fraction of sp³-hybridized carbons (Fsp3) is 0.211. The number of hydrogen-bond donors (Lipinski definition) is 1. The summed E-state index contributed by atoms with van der Waals surface area (Å²) in [5.41, 5.74) is 3.33. The molecule has 3 aromatic rings. The number of rotatable bonds is 5. The van der Waals surface area contributed by atoms with Crippen molar-refractivity contribution in [1.82, 2.24) is 14.9 Å². The van der Waals surface area contributed by atoms with E-state index in [1.165, 1.54) is 17.2 Å². The Balaban J connectivity index is 0.00000208. The summed E-state index contributed by atoms with van der Waals surface area (Å²) in [6.45, 7) is 2.79. The molecule has 0 aliphatic heterocycles. The normalized spacial score (nSPS) is 11.8. The van der Waals surface area contributed by atoms with E-state index in [9.17, 15) is 4.39 Å². The van der Waals surface area contributed by atoms with Crippen molar-refractivity contribution in [2.24, 2.45) is 7.05 Å². The number of nitrogens with zero attached hydrogens (tertiary/aromatic N) is 2. The monoisotopic (exact) mass is 345 g/mol. The van der Waals surface area contributed by atoms with Crippen LogP contribution in [0.4, 0.5) is 4.39 Å². The zero-order valence-corrected chi connectivity index (χ0v) is 14.6. The number of nitrogens with one attached hydrogen (secondary N) is 1. The van der Waals surface area contributed by atoms with Crippen molar-refractivity contribution < 1.29 is 4.39 Å². The number of imidazole rings is 1. The Morgan fingerprint density at radius 2 is 1.96 bits per heavy atom. The number of aryl methyl sites for hydroxylation is 2. The summed E-state index contributed by atoms with van der Waals surface area (Å²) in [6, 6.07) is 14.8. The Kier molecular flexibility index (Phi) is 6.12. The molecule has 2 aromatic carbocycles. The molecule has 0 saturated carbocycles. The van der Waals surface area contributed by atoms with E-state index in [0.717, 1.165) is 11.4 Å². The Labute approximate surface area is 148 Å². The summed E-state index contributed by atoms with van der Waals surface area (Å²) in [5, 5.41) is 3.51. The molecule has 0 fully saturated rings. The quantitative estimate of drug-likeness (QED) is 0.752. The lowest BCUT2D eigenvalue weighted by atomic mass is 10.0. The molecule has 1 N–H and O–H groups in total. The van der Waals surface area contributed by atoms with Gasteiger partial charge in [-0.25, -0.2) is 9.37 Å². The van der Waals surface area contributed by atoms with Crippen molar-refractivity contribution in [2.45, 2.75) is 19.5 Å². The second-order valence-electron chi connectivity index (χ2n) is 5.69. The van der Waals surface area contributed by atoms with Gasteiger partial charge >= 0.3 is 0 Å². The molecule has 0 spiro atoms. The van der Waals surface area contributed by atoms with E-state index in [0.29, 0.717) is 6.54 Å². The van der Waals surface area contributed by atoms with Crippen LogP contribution in [0.3, 0.4) is 0 Å². The third-order valence-electron chi connectivity index (χ3n) is 4.06. The molecule has 0 saturated heterocycles. The Morgan fingerprint density at radius 3 is 2.62 bits per heavy atom. The molecule has 0 aliphatic rings. The van der Waals surface area contributed by atoms with Gasteiger partial charge in [-0.15, -0.1) is 12.4 Å². The van der Waals surface area contributed by atoms with Crippen LogP contribution in [0.15, 0.2) is 60.9 Å². The average molecular weight is 346 g/mol. The second-order valence-corrected chi connectivity index (χ2v) is 5.69. The zero-order valence-electron chi connectivity index (χ0n) is 13.7. The van der Waals surface area contributed by atoms with Gasteiger partial charge in [0.15, 0.2) is 0 Å². The van der Waals surface area contributed by atoms with Crippen LogP contribution in [0, 0.1) is 12.7 Å². The van der Waals surface area contributed by atoms with Crippen LogP contribution >= 0.6 is 12.4 Å². The first-order valence-corrected chi connectivity index (χ1v) is 7.65. The van der Waals surface area contributed by atoms with Gasteiger partial charge in [0.1, 0.15) is 11.6 Å². The van der Waals surface area contributed by atoms with Crippen LogP contribution in [-0.2, 0) is 13.6 Å². The van der Waals surface area contributed by atoms with Gasteiger partial charge in [-0.3, -0.25) is 5.32 Å². The van der Waals surface area contributed by atoms with E-state index in [-0.39, 0.29) is 24.3 Å². The zero-order chi connectivity index (χ0) is 16.2. The molecule has 3 nitrogen and oxygen atoms in total. The molecule has 0 radical (unpaired) electrons. The first-order valence-electron chi connectivity index (χ1n) is 7.65. The molecule has 1 unspecified atom stereocenters. The molecular weight excluding hydrogens is 325 g/mol. The molecule has 1 atom stereocenters. The van der Waals surface area contributed by atoms with E-state index >= 15 is 0 Å². The van der Waals surface area contributed by atoms with Crippen LogP contribution in [0.25, 0.3) is 0 Å². The van der Waals surface area contributed by atoms with E-state index in [4.69, 9.17) is 0 Å². The van der Waals surface area contributed by atoms with Crippen molar-refractivity contribution in [1.29, 1.82) is 0 Å². The lowest BCUT2D eigenvalue weighted by molar-refractivity contribution is 0.550. The van der Waals surface area contributed by atoms with Gasteiger partial charge in [0.25, 0.3) is 0 Å². The van der Waals surface area contributed by atoms with Gasteiger partial charge in [-0.2, -0.15) is 0 Å². The predicted molar refractivity (Wildman–Crippen MR) is 96.7 cm³/mol. The van der Waals surface area contributed by atoms with Crippen molar-refractivity contribution in [3.63, 3.8) is 0 Å². The molecule has 3 rings (SSSR count). The number of hydrogen-bond acceptors (Lipinski definition) is 2. The Morgan fingerprint density at radius 1 is 1.17 bits per heavy atom. The fourth-order valence-electron chi connectivity index (χ4n) is 2.72. The van der Waals surface area contributed by atoms with Crippen molar-refractivity contribution in [3.05, 3.63) is 89.3 Å². The van der Waals surface area contributed by atoms with Gasteiger partial charge in [-0.1, -0.05) is 36.4 Å². The smallest absolute Gasteiger partial charge is 0.130 e. The summed E-state index contributed by atoms with van der Waals surface area (Å²) < 4.78 is 15.6. The van der Waals surface area contributed by atoms with Crippen molar-refractivity contribution in [2.75, 3.05) is 0 Å². The van der Waals surface area contributed by atoms with Crippen LogP contribution in [0.2, 0.25) is 0 Å². The number of halogens is 2. The molecule has 5 heteroatoms. The van der Waals surface area contributed by atoms with Gasteiger partial charge < -0.3 is 4.57 Å². The molecule has 24 heavy (non-hydrogen) atoms. The standard InChI is InChI=1S/C19H20FN3.ClH/c1-14-6-3-4-7-16(14)13-22-18(19-21-10-11-23(19)2)15-8-5-9-17(20)12-15;/h3-12,18,22H,13H2,1-2H3;1H. The maximum Gasteiger partial charge on any atom is 0.130 e. The average Bonchev–Trinajstić information content (AvgIpc) is 2.95. The number of aromatic nitrogens is 2. The summed E-state index contributed by atoms with van der Waals surface area (Å²) >= 11 is 0. The second kappa shape index (κ2) is 8.08. The van der Waals surface area contributed by atoms with Crippen molar-refractivity contribution in [3.8, 4) is 0 Å². The maximum atomic E-state index is 13.6. The van der Waals surface area contributed by atoms with Crippen molar-refractivity contribution >= 4 is 12.4 Å². The fourth-order valence-corrected chi connectivity index (χ4v) is 2.72. The van der Waals surface area contributed by atoms with E-state index in [1.54, 1.807) is 18.3 Å². The highest BCUT2D eigenvalue weighted by Gasteiger charge is 2.18. The Bertz CT molecular complexity index is 801. The molecule has 1 heterocycles. The first kappa shape index (κ1) is 18.2. The van der Waals surface area contributed by atoms with Gasteiger partial charge in [0.05, 0.1) is 6.04 Å². The summed E-state index contributed by atoms with van der Waals surface area (Å²) in [7, 11) is 1.95. The molecule has 0 amide bonds. The van der Waals surface area contributed by atoms with Gasteiger partial charge in [0.2, 0.25) is 0 Å². The Hall–Kier alpha value is -2.17. The predicted octanol–water partition coefficient (Wildman–Crippen LogP) is 4.17. The SMILES string of the molecule is Cc1ccccc1CNC(c1cccc(F)c1)c1nccn1C.Cl. The van der Waals surface area contributed by atoms with Crippen LogP contribution < -0.4 is 5.32 Å². The lowest BCUT2D eigenvalue weighted by Gasteiger charge is -2.20. The van der Waals surface area contributed by atoms with Crippen LogP contribution in [0.5, 0.6) is 0 Å². The number of benzene rings is 2. The lowest BCUT2D eigenvalue weighted by Crippen LogP contribution is -2.25. The van der Waals surface area contributed by atoms with Gasteiger partial charge in [-0.05, 0) is 35.7 Å². The molecular formula is C19H21ClFN3. The topological polar surface area (TPSA) is 29.9 Å². The van der Waals surface area contributed by atoms with E-state index < -0.39 is 0 Å². The highest BCUT2D eigenvalue weighted by Crippen LogP contribution is 2.22. The minimum Gasteiger partial charge on any atom is -0.336 e. The summed E-state index contributed by atoms with van der Waals surface area (Å²) in [4.78, 5) is 4.43. The maximum absolute atomic E-state index is 13.6. The third kappa shape index (κ3) is 4.02. The van der Waals surface area contributed by atoms with E-state index in [1.807, 2.05) is 36.0 Å².